The second-order valence-electron chi connectivity index (χ2n) is 9.13. The zero-order valence-corrected chi connectivity index (χ0v) is 20.4. The largest absolute Gasteiger partial charge is 0.489 e. The van der Waals surface area contributed by atoms with Gasteiger partial charge in [0.15, 0.2) is 0 Å². The summed E-state index contributed by atoms with van der Waals surface area (Å²) in [5.41, 5.74) is 10.6. The highest BCUT2D eigenvalue weighted by atomic mass is 19.1. The van der Waals surface area contributed by atoms with Crippen molar-refractivity contribution in [2.24, 2.45) is 0 Å². The first kappa shape index (κ1) is 22.9. The Morgan fingerprint density at radius 1 is 0.973 bits per heavy atom. The number of hydrazine groups is 1. The molecule has 0 saturated carbocycles. The predicted octanol–water partition coefficient (Wildman–Crippen LogP) is 5.11. The van der Waals surface area contributed by atoms with E-state index in [1.807, 2.05) is 60.6 Å². The molecule has 1 aromatic heterocycles. The van der Waals surface area contributed by atoms with Crippen LogP contribution in [0.25, 0.3) is 11.1 Å². The van der Waals surface area contributed by atoms with Crippen molar-refractivity contribution in [2.45, 2.75) is 12.6 Å². The summed E-state index contributed by atoms with van der Waals surface area (Å²) in [6.45, 7) is 1.23. The molecule has 184 valence electrons. The van der Waals surface area contributed by atoms with E-state index in [4.69, 9.17) is 4.74 Å². The zero-order valence-electron chi connectivity index (χ0n) is 20.4. The van der Waals surface area contributed by atoms with Gasteiger partial charge in [-0.1, -0.05) is 54.6 Å². The van der Waals surface area contributed by atoms with Crippen molar-refractivity contribution in [1.29, 1.82) is 0 Å². The molecule has 6 nitrogen and oxygen atoms in total. The molecule has 1 unspecified atom stereocenters. The molecule has 0 bridgehead atoms. The van der Waals surface area contributed by atoms with E-state index < -0.39 is 0 Å². The molecule has 0 fully saturated rings. The summed E-state index contributed by atoms with van der Waals surface area (Å²) in [5.74, 6) is 1.47. The minimum atomic E-state index is -0.267. The number of aromatic nitrogens is 2. The number of hydrogen-bond acceptors (Lipinski definition) is 6. The first-order valence-electron chi connectivity index (χ1n) is 12.2. The zero-order chi connectivity index (χ0) is 25.2. The molecule has 2 N–H and O–H groups in total. The van der Waals surface area contributed by atoms with Crippen LogP contribution in [0.5, 0.6) is 5.75 Å². The summed E-state index contributed by atoms with van der Waals surface area (Å²) >= 11 is 0. The number of likely N-dealkylation sites (N-methyl/N-ethyl adjacent to an activating group) is 1. The van der Waals surface area contributed by atoms with Gasteiger partial charge in [-0.3, -0.25) is 0 Å². The van der Waals surface area contributed by atoms with E-state index in [0.717, 1.165) is 50.7 Å². The van der Waals surface area contributed by atoms with E-state index >= 15 is 0 Å². The Kier molecular flexibility index (Phi) is 6.12. The molecule has 1 atom stereocenters. The molecular formula is C30H26FN5O. The Morgan fingerprint density at radius 3 is 2.49 bits per heavy atom. The van der Waals surface area contributed by atoms with Gasteiger partial charge in [-0.15, -0.1) is 0 Å². The lowest BCUT2D eigenvalue weighted by Gasteiger charge is -2.32. The monoisotopic (exact) mass is 491 g/mol. The molecular weight excluding hydrogens is 465 g/mol. The van der Waals surface area contributed by atoms with Crippen LogP contribution in [-0.2, 0) is 6.61 Å². The lowest BCUT2D eigenvalue weighted by Crippen LogP contribution is -2.35. The van der Waals surface area contributed by atoms with Crippen LogP contribution in [0.15, 0.2) is 109 Å². The standard InChI is InChI=1S/C30H26FN5O/c1-36-17-25-27(21-9-13-24(14-10-21)37-18-20-5-3-2-4-6-20)28(26-15-16-32-19-33-26)29(34-30(25)35-36)22-7-11-23(31)12-8-22/h2-16,19,29,34-35H,17-18H2,1H3. The van der Waals surface area contributed by atoms with E-state index in [2.05, 4.69) is 45.0 Å². The molecule has 0 radical (unpaired) electrons. The Hall–Kier alpha value is -4.49. The smallest absolute Gasteiger partial charge is 0.123 e. The Bertz CT molecular complexity index is 1450. The van der Waals surface area contributed by atoms with Gasteiger partial charge in [-0.25, -0.2) is 19.4 Å². The molecule has 37 heavy (non-hydrogen) atoms. The van der Waals surface area contributed by atoms with Crippen molar-refractivity contribution in [3.05, 3.63) is 137 Å². The van der Waals surface area contributed by atoms with Gasteiger partial charge in [-0.05, 0) is 52.6 Å². The number of halogens is 1. The third-order valence-electron chi connectivity index (χ3n) is 6.60. The highest BCUT2D eigenvalue weighted by Crippen LogP contribution is 2.45. The van der Waals surface area contributed by atoms with Crippen LogP contribution in [0.2, 0.25) is 0 Å². The molecule has 4 aromatic rings. The number of nitrogens with one attached hydrogen (secondary N) is 2. The van der Waals surface area contributed by atoms with Crippen LogP contribution in [0.1, 0.15) is 28.4 Å². The highest BCUT2D eigenvalue weighted by molar-refractivity contribution is 6.01. The van der Waals surface area contributed by atoms with Crippen LogP contribution in [0.4, 0.5) is 4.39 Å². The van der Waals surface area contributed by atoms with Crippen molar-refractivity contribution in [3.8, 4) is 5.75 Å². The first-order valence-corrected chi connectivity index (χ1v) is 12.2. The fourth-order valence-corrected chi connectivity index (χ4v) is 4.88. The summed E-state index contributed by atoms with van der Waals surface area (Å²) in [5, 5.41) is 5.68. The quantitative estimate of drug-likeness (QED) is 0.391. The minimum Gasteiger partial charge on any atom is -0.489 e. The Labute approximate surface area is 215 Å². The molecule has 3 heterocycles. The maximum Gasteiger partial charge on any atom is 0.123 e. The molecule has 2 aliphatic heterocycles. The first-order chi connectivity index (χ1) is 18.2. The molecule has 0 amide bonds. The third kappa shape index (κ3) is 4.69. The molecule has 0 aliphatic carbocycles. The number of dihydropyridines is 1. The van der Waals surface area contributed by atoms with E-state index in [9.17, 15) is 4.39 Å². The van der Waals surface area contributed by atoms with E-state index in [1.165, 1.54) is 12.1 Å². The molecule has 2 aliphatic rings. The average molecular weight is 492 g/mol. The van der Waals surface area contributed by atoms with Crippen molar-refractivity contribution >= 4 is 11.1 Å². The summed E-state index contributed by atoms with van der Waals surface area (Å²) in [6, 6.07) is 26.6. The van der Waals surface area contributed by atoms with E-state index in [-0.39, 0.29) is 11.9 Å². The van der Waals surface area contributed by atoms with Gasteiger partial charge in [0, 0.05) is 30.9 Å². The molecule has 7 heteroatoms. The maximum atomic E-state index is 13.8. The van der Waals surface area contributed by atoms with Gasteiger partial charge in [0.25, 0.3) is 0 Å². The van der Waals surface area contributed by atoms with Crippen LogP contribution < -0.4 is 15.5 Å². The van der Waals surface area contributed by atoms with Crippen LogP contribution in [0, 0.1) is 5.82 Å². The second kappa shape index (κ2) is 9.87. The second-order valence-corrected chi connectivity index (χ2v) is 9.13. The SMILES string of the molecule is CN1CC2=C(NC(c3ccc(F)cc3)C(c3ccncn3)=C2c2ccc(OCc3ccccc3)cc2)N1. The normalized spacial score (nSPS) is 17.3. The van der Waals surface area contributed by atoms with Gasteiger partial charge >= 0.3 is 0 Å². The number of rotatable bonds is 6. The molecule has 0 saturated heterocycles. The third-order valence-corrected chi connectivity index (χ3v) is 6.60. The number of ether oxygens (including phenoxy) is 1. The summed E-state index contributed by atoms with van der Waals surface area (Å²) < 4.78 is 19.8. The Morgan fingerprint density at radius 2 is 1.76 bits per heavy atom. The van der Waals surface area contributed by atoms with Crippen molar-refractivity contribution in [2.75, 3.05) is 13.6 Å². The van der Waals surface area contributed by atoms with Crippen molar-refractivity contribution < 1.29 is 9.13 Å². The van der Waals surface area contributed by atoms with Gasteiger partial charge in [0.05, 0.1) is 11.7 Å². The highest BCUT2D eigenvalue weighted by Gasteiger charge is 2.35. The summed E-state index contributed by atoms with van der Waals surface area (Å²) in [7, 11) is 2.01. The van der Waals surface area contributed by atoms with Crippen LogP contribution in [-0.4, -0.2) is 28.6 Å². The number of nitrogens with zero attached hydrogens (tertiary/aromatic N) is 3. The van der Waals surface area contributed by atoms with Crippen LogP contribution in [0.3, 0.4) is 0 Å². The fraction of sp³-hybridized carbons (Fsp3) is 0.133. The average Bonchev–Trinajstić information content (AvgIpc) is 3.32. The minimum absolute atomic E-state index is 0.239. The van der Waals surface area contributed by atoms with E-state index in [0.29, 0.717) is 13.2 Å². The maximum absolute atomic E-state index is 13.8. The van der Waals surface area contributed by atoms with Gasteiger partial charge in [-0.2, -0.15) is 0 Å². The van der Waals surface area contributed by atoms with E-state index in [1.54, 1.807) is 12.5 Å². The summed E-state index contributed by atoms with van der Waals surface area (Å²) in [6.07, 6.45) is 3.31. The predicted molar refractivity (Wildman–Crippen MR) is 141 cm³/mol. The van der Waals surface area contributed by atoms with Gasteiger partial charge < -0.3 is 15.5 Å². The topological polar surface area (TPSA) is 62.3 Å². The number of hydrogen-bond donors (Lipinski definition) is 2. The van der Waals surface area contributed by atoms with Crippen molar-refractivity contribution in [1.82, 2.24) is 25.7 Å². The molecule has 0 spiro atoms. The molecule has 6 rings (SSSR count). The summed E-state index contributed by atoms with van der Waals surface area (Å²) in [4.78, 5) is 8.75. The lowest BCUT2D eigenvalue weighted by molar-refractivity contribution is 0.306. The Balaban J connectivity index is 1.44. The molecule has 3 aromatic carbocycles. The van der Waals surface area contributed by atoms with Gasteiger partial charge in [0.2, 0.25) is 0 Å². The van der Waals surface area contributed by atoms with Gasteiger partial charge in [0.1, 0.15) is 30.3 Å². The fourth-order valence-electron chi connectivity index (χ4n) is 4.88. The van der Waals surface area contributed by atoms with Crippen molar-refractivity contribution in [3.63, 3.8) is 0 Å². The number of benzene rings is 3. The lowest BCUT2D eigenvalue weighted by atomic mass is 9.82. The van der Waals surface area contributed by atoms with Crippen LogP contribution >= 0.6 is 0 Å².